The zero-order valence-electron chi connectivity index (χ0n) is 16.0. The summed E-state index contributed by atoms with van der Waals surface area (Å²) < 4.78 is 4.93. The fourth-order valence-corrected chi connectivity index (χ4v) is 3.46. The van der Waals surface area contributed by atoms with Gasteiger partial charge in [-0.1, -0.05) is 38.1 Å². The molecule has 0 atom stereocenters. The van der Waals surface area contributed by atoms with Gasteiger partial charge in [-0.3, -0.25) is 9.59 Å². The topological polar surface area (TPSA) is 72.5 Å². The average Bonchev–Trinajstić information content (AvgIpc) is 2.67. The van der Waals surface area contributed by atoms with E-state index in [-0.39, 0.29) is 30.5 Å². The minimum absolute atomic E-state index is 0.0628. The maximum Gasteiger partial charge on any atom is 0.331 e. The van der Waals surface area contributed by atoms with Crippen LogP contribution in [0, 0.1) is 5.92 Å². The van der Waals surface area contributed by atoms with Gasteiger partial charge in [0.1, 0.15) is 5.54 Å². The van der Waals surface area contributed by atoms with Crippen molar-refractivity contribution in [2.24, 2.45) is 5.92 Å². The SMILES string of the molecule is CCc1ccc(C(=O)CCC(=O)NC2(C(=O)OC)CCC(C)CC2)cc1. The zero-order chi connectivity index (χ0) is 19.2. The Labute approximate surface area is 155 Å². The van der Waals surface area contributed by atoms with Gasteiger partial charge in [-0.05, 0) is 43.6 Å². The molecule has 1 aliphatic rings. The van der Waals surface area contributed by atoms with Gasteiger partial charge in [-0.15, -0.1) is 0 Å². The molecule has 0 radical (unpaired) electrons. The van der Waals surface area contributed by atoms with Crippen molar-refractivity contribution in [1.82, 2.24) is 5.32 Å². The van der Waals surface area contributed by atoms with Crippen LogP contribution in [-0.2, 0) is 20.7 Å². The summed E-state index contributed by atoms with van der Waals surface area (Å²) in [5.41, 5.74) is 0.847. The van der Waals surface area contributed by atoms with Crippen LogP contribution >= 0.6 is 0 Å². The third-order valence-corrected chi connectivity index (χ3v) is 5.35. The van der Waals surface area contributed by atoms with Crippen molar-refractivity contribution in [2.75, 3.05) is 7.11 Å². The molecule has 1 aromatic carbocycles. The van der Waals surface area contributed by atoms with Gasteiger partial charge in [-0.25, -0.2) is 4.79 Å². The molecular weight excluding hydrogens is 330 g/mol. The summed E-state index contributed by atoms with van der Waals surface area (Å²) in [6, 6.07) is 7.47. The molecule has 2 rings (SSSR count). The summed E-state index contributed by atoms with van der Waals surface area (Å²) in [6.07, 6.45) is 4.03. The van der Waals surface area contributed by atoms with Gasteiger partial charge in [0, 0.05) is 18.4 Å². The molecule has 5 nitrogen and oxygen atoms in total. The molecule has 0 saturated heterocycles. The number of aryl methyl sites for hydroxylation is 1. The Kier molecular flexibility index (Phi) is 6.95. The highest BCUT2D eigenvalue weighted by Crippen LogP contribution is 2.33. The number of amides is 1. The van der Waals surface area contributed by atoms with Crippen molar-refractivity contribution in [3.8, 4) is 0 Å². The summed E-state index contributed by atoms with van der Waals surface area (Å²) >= 11 is 0. The van der Waals surface area contributed by atoms with E-state index in [0.29, 0.717) is 24.3 Å². The first-order valence-electron chi connectivity index (χ1n) is 9.41. The highest BCUT2D eigenvalue weighted by atomic mass is 16.5. The van der Waals surface area contributed by atoms with Crippen LogP contribution in [0.15, 0.2) is 24.3 Å². The standard InChI is InChI=1S/C21H29NO4/c1-4-16-5-7-17(8-6-16)18(23)9-10-19(24)22-21(20(25)26-3)13-11-15(2)12-14-21/h5-8,15H,4,9-14H2,1-3H3,(H,22,24). The normalized spacial score (nSPS) is 22.5. The number of methoxy groups -OCH3 is 1. The van der Waals surface area contributed by atoms with Crippen LogP contribution < -0.4 is 5.32 Å². The van der Waals surface area contributed by atoms with Gasteiger partial charge in [0.15, 0.2) is 5.78 Å². The fourth-order valence-electron chi connectivity index (χ4n) is 3.46. The van der Waals surface area contributed by atoms with E-state index in [2.05, 4.69) is 19.2 Å². The number of carbonyl (C=O) groups is 3. The number of Topliss-reactive ketones (excluding diaryl/α,β-unsaturated/α-hetero) is 1. The number of carbonyl (C=O) groups excluding carboxylic acids is 3. The smallest absolute Gasteiger partial charge is 0.331 e. The lowest BCUT2D eigenvalue weighted by Crippen LogP contribution is -2.56. The van der Waals surface area contributed by atoms with E-state index in [1.807, 2.05) is 12.1 Å². The van der Waals surface area contributed by atoms with Crippen LogP contribution in [0.5, 0.6) is 0 Å². The first kappa shape index (κ1) is 20.1. The maximum atomic E-state index is 12.4. The molecule has 1 fully saturated rings. The molecule has 1 N–H and O–H groups in total. The summed E-state index contributed by atoms with van der Waals surface area (Å²) in [4.78, 5) is 36.9. The minimum atomic E-state index is -0.940. The van der Waals surface area contributed by atoms with Gasteiger partial charge < -0.3 is 10.1 Å². The molecule has 1 amide bonds. The molecule has 0 unspecified atom stereocenters. The van der Waals surface area contributed by atoms with Gasteiger partial charge in [0.25, 0.3) is 0 Å². The number of hydrogen-bond donors (Lipinski definition) is 1. The molecule has 142 valence electrons. The molecule has 0 spiro atoms. The molecule has 1 saturated carbocycles. The number of benzene rings is 1. The average molecular weight is 359 g/mol. The minimum Gasteiger partial charge on any atom is -0.467 e. The molecule has 0 heterocycles. The molecule has 0 aromatic heterocycles. The monoisotopic (exact) mass is 359 g/mol. The molecular formula is C21H29NO4. The van der Waals surface area contributed by atoms with E-state index in [0.717, 1.165) is 19.3 Å². The number of nitrogens with one attached hydrogen (secondary N) is 1. The second-order valence-corrected chi connectivity index (χ2v) is 7.28. The van der Waals surface area contributed by atoms with Crippen molar-refractivity contribution in [1.29, 1.82) is 0 Å². The van der Waals surface area contributed by atoms with E-state index in [1.54, 1.807) is 12.1 Å². The number of hydrogen-bond acceptors (Lipinski definition) is 4. The third-order valence-electron chi connectivity index (χ3n) is 5.35. The Morgan fingerprint density at radius 2 is 1.73 bits per heavy atom. The lowest BCUT2D eigenvalue weighted by atomic mass is 9.77. The van der Waals surface area contributed by atoms with Crippen LogP contribution in [-0.4, -0.2) is 30.3 Å². The van der Waals surface area contributed by atoms with Crippen molar-refractivity contribution in [2.45, 2.75) is 64.3 Å². The summed E-state index contributed by atoms with van der Waals surface area (Å²) in [7, 11) is 1.35. The molecule has 0 bridgehead atoms. The van der Waals surface area contributed by atoms with E-state index < -0.39 is 5.54 Å². The largest absolute Gasteiger partial charge is 0.467 e. The number of esters is 1. The Hall–Kier alpha value is -2.17. The number of rotatable bonds is 7. The quantitative estimate of drug-likeness (QED) is 0.598. The highest BCUT2D eigenvalue weighted by molar-refractivity contribution is 5.98. The highest BCUT2D eigenvalue weighted by Gasteiger charge is 2.43. The van der Waals surface area contributed by atoms with E-state index >= 15 is 0 Å². The molecule has 0 aliphatic heterocycles. The predicted octanol–water partition coefficient (Wildman–Crippen LogP) is 3.45. The molecule has 1 aliphatic carbocycles. The van der Waals surface area contributed by atoms with Gasteiger partial charge in [-0.2, -0.15) is 0 Å². The van der Waals surface area contributed by atoms with Crippen molar-refractivity contribution in [3.05, 3.63) is 35.4 Å². The maximum absolute atomic E-state index is 12.4. The Balaban J connectivity index is 1.93. The van der Waals surface area contributed by atoms with Crippen LogP contribution in [0.25, 0.3) is 0 Å². The van der Waals surface area contributed by atoms with Crippen LogP contribution in [0.3, 0.4) is 0 Å². The van der Waals surface area contributed by atoms with E-state index in [4.69, 9.17) is 4.74 Å². The molecule has 5 heteroatoms. The van der Waals surface area contributed by atoms with Crippen LogP contribution in [0.1, 0.15) is 68.3 Å². The third kappa shape index (κ3) is 4.93. The van der Waals surface area contributed by atoms with E-state index in [9.17, 15) is 14.4 Å². The molecule has 26 heavy (non-hydrogen) atoms. The van der Waals surface area contributed by atoms with Gasteiger partial charge in [0.2, 0.25) is 5.91 Å². The second-order valence-electron chi connectivity index (χ2n) is 7.28. The van der Waals surface area contributed by atoms with Crippen molar-refractivity contribution >= 4 is 17.7 Å². The second kappa shape index (κ2) is 8.97. The van der Waals surface area contributed by atoms with Crippen molar-refractivity contribution in [3.63, 3.8) is 0 Å². The Morgan fingerprint density at radius 3 is 2.27 bits per heavy atom. The lowest BCUT2D eigenvalue weighted by Gasteiger charge is -2.37. The Bertz CT molecular complexity index is 642. The van der Waals surface area contributed by atoms with Crippen LogP contribution in [0.2, 0.25) is 0 Å². The summed E-state index contributed by atoms with van der Waals surface area (Å²) in [5.74, 6) is -0.188. The Morgan fingerprint density at radius 1 is 1.12 bits per heavy atom. The fraction of sp³-hybridized carbons (Fsp3) is 0.571. The van der Waals surface area contributed by atoms with Gasteiger partial charge in [0.05, 0.1) is 7.11 Å². The first-order valence-corrected chi connectivity index (χ1v) is 9.41. The number of ketones is 1. The zero-order valence-corrected chi connectivity index (χ0v) is 16.0. The number of ether oxygens (including phenoxy) is 1. The van der Waals surface area contributed by atoms with Crippen LogP contribution in [0.4, 0.5) is 0 Å². The summed E-state index contributed by atoms with van der Waals surface area (Å²) in [5, 5.41) is 2.86. The summed E-state index contributed by atoms with van der Waals surface area (Å²) in [6.45, 7) is 4.20. The van der Waals surface area contributed by atoms with Crippen molar-refractivity contribution < 1.29 is 19.1 Å². The lowest BCUT2D eigenvalue weighted by molar-refractivity contribution is -0.153. The van der Waals surface area contributed by atoms with Gasteiger partial charge >= 0.3 is 5.97 Å². The first-order chi connectivity index (χ1) is 12.4. The molecule has 1 aromatic rings. The predicted molar refractivity (Wildman–Crippen MR) is 99.9 cm³/mol. The van der Waals surface area contributed by atoms with E-state index in [1.165, 1.54) is 12.7 Å².